The molecule has 1 aliphatic heterocycles. The van der Waals surface area contributed by atoms with Crippen molar-refractivity contribution in [1.29, 1.82) is 0 Å². The third-order valence-electron chi connectivity index (χ3n) is 4.04. The van der Waals surface area contributed by atoms with Crippen LogP contribution in [0.15, 0.2) is 11.3 Å². The number of carbonyl (C=O) groups excluding carboxylic acids is 1. The van der Waals surface area contributed by atoms with Crippen molar-refractivity contribution in [3.05, 3.63) is 11.3 Å². The molecule has 2 aliphatic rings. The van der Waals surface area contributed by atoms with Gasteiger partial charge in [0.2, 0.25) is 5.91 Å². The lowest BCUT2D eigenvalue weighted by molar-refractivity contribution is -0.131. The quantitative estimate of drug-likeness (QED) is 0.572. The van der Waals surface area contributed by atoms with Crippen molar-refractivity contribution in [2.24, 2.45) is 5.92 Å². The van der Waals surface area contributed by atoms with Crippen LogP contribution in [0.4, 0.5) is 13.2 Å². The Kier molecular flexibility index (Phi) is 4.47. The molecule has 0 radical (unpaired) electrons. The predicted octanol–water partition coefficient (Wildman–Crippen LogP) is 2.55. The molecule has 1 saturated heterocycles. The van der Waals surface area contributed by atoms with Crippen molar-refractivity contribution in [1.82, 2.24) is 4.90 Å². The molecule has 0 bridgehead atoms. The highest BCUT2D eigenvalue weighted by Crippen LogP contribution is 2.40. The van der Waals surface area contributed by atoms with Crippen molar-refractivity contribution in [2.75, 3.05) is 6.54 Å². The molecule has 0 N–H and O–H groups in total. The van der Waals surface area contributed by atoms with Gasteiger partial charge in [-0.2, -0.15) is 21.6 Å². The van der Waals surface area contributed by atoms with Crippen LogP contribution in [0.25, 0.3) is 0 Å². The molecule has 2 atom stereocenters. The Labute approximate surface area is 127 Å². The smallest absolute Gasteiger partial charge is 0.381 e. The van der Waals surface area contributed by atoms with Gasteiger partial charge in [-0.05, 0) is 30.8 Å². The Hall–Kier alpha value is -1.25. The number of fused-ring (bicyclic) bond motifs is 1. The average Bonchev–Trinajstić information content (AvgIpc) is 2.35. The number of piperidine rings is 1. The monoisotopic (exact) mass is 341 g/mol. The molecule has 9 heteroatoms. The van der Waals surface area contributed by atoms with Crippen LogP contribution in [-0.2, 0) is 19.1 Å². The van der Waals surface area contributed by atoms with Gasteiger partial charge in [0.05, 0.1) is 6.04 Å². The molecule has 1 heterocycles. The molecule has 5 nitrogen and oxygen atoms in total. The second-order valence-electron chi connectivity index (χ2n) is 5.81. The second kappa shape index (κ2) is 5.75. The van der Waals surface area contributed by atoms with Crippen LogP contribution in [0, 0.1) is 5.92 Å². The summed E-state index contributed by atoms with van der Waals surface area (Å²) in [5.41, 5.74) is -4.95. The zero-order chi connectivity index (χ0) is 16.7. The molecule has 0 aromatic rings. The number of halogens is 3. The fourth-order valence-electron chi connectivity index (χ4n) is 3.10. The van der Waals surface area contributed by atoms with Gasteiger partial charge in [0.1, 0.15) is 5.76 Å². The summed E-state index contributed by atoms with van der Waals surface area (Å²) in [4.78, 5) is 13.3. The number of hydrogen-bond acceptors (Lipinski definition) is 4. The highest BCUT2D eigenvalue weighted by molar-refractivity contribution is 7.87. The highest BCUT2D eigenvalue weighted by atomic mass is 32.2. The minimum absolute atomic E-state index is 0.0628. The van der Waals surface area contributed by atoms with Crippen LogP contribution in [0.1, 0.15) is 39.5 Å². The van der Waals surface area contributed by atoms with E-state index in [0.717, 1.165) is 0 Å². The molecule has 0 aromatic carbocycles. The molecule has 1 fully saturated rings. The van der Waals surface area contributed by atoms with Crippen molar-refractivity contribution in [3.8, 4) is 0 Å². The Bertz CT molecular complexity index is 597. The Morgan fingerprint density at radius 3 is 2.55 bits per heavy atom. The maximum atomic E-state index is 12.5. The molecule has 0 aromatic heterocycles. The minimum Gasteiger partial charge on any atom is -0.381 e. The Balaban J connectivity index is 2.38. The molecule has 1 aliphatic carbocycles. The summed E-state index contributed by atoms with van der Waals surface area (Å²) in [7, 11) is -5.67. The lowest BCUT2D eigenvalue weighted by atomic mass is 9.80. The molecule has 2 rings (SSSR count). The van der Waals surface area contributed by atoms with Gasteiger partial charge in [0, 0.05) is 19.9 Å². The summed E-state index contributed by atoms with van der Waals surface area (Å²) in [5, 5.41) is 0. The highest BCUT2D eigenvalue weighted by Gasteiger charge is 2.50. The summed E-state index contributed by atoms with van der Waals surface area (Å²) in [6.45, 7) is 3.72. The van der Waals surface area contributed by atoms with Crippen molar-refractivity contribution in [2.45, 2.75) is 51.1 Å². The minimum atomic E-state index is -5.67. The van der Waals surface area contributed by atoms with Crippen LogP contribution >= 0.6 is 0 Å². The van der Waals surface area contributed by atoms with E-state index in [2.05, 4.69) is 4.18 Å². The van der Waals surface area contributed by atoms with E-state index in [9.17, 15) is 26.4 Å². The SMILES string of the molecule is CC(=O)N1CCCC2=C(OS(=O)(=O)C(F)(F)F)C[C@@H](C)C[C@H]21. The van der Waals surface area contributed by atoms with E-state index in [1.54, 1.807) is 11.8 Å². The number of alkyl halides is 3. The van der Waals surface area contributed by atoms with Crippen LogP contribution in [-0.4, -0.2) is 37.3 Å². The van der Waals surface area contributed by atoms with Gasteiger partial charge < -0.3 is 9.08 Å². The largest absolute Gasteiger partial charge is 0.534 e. The van der Waals surface area contributed by atoms with E-state index in [-0.39, 0.29) is 30.0 Å². The van der Waals surface area contributed by atoms with Crippen molar-refractivity contribution < 1.29 is 30.6 Å². The maximum Gasteiger partial charge on any atom is 0.534 e. The number of allylic oxidation sites excluding steroid dienone is 1. The van der Waals surface area contributed by atoms with E-state index in [0.29, 0.717) is 31.4 Å². The van der Waals surface area contributed by atoms with E-state index in [4.69, 9.17) is 0 Å². The molecule has 126 valence electrons. The first-order valence-corrected chi connectivity index (χ1v) is 8.43. The lowest BCUT2D eigenvalue weighted by Gasteiger charge is -2.42. The molecule has 22 heavy (non-hydrogen) atoms. The second-order valence-corrected chi connectivity index (χ2v) is 7.35. The first-order valence-electron chi connectivity index (χ1n) is 7.03. The number of amides is 1. The summed E-state index contributed by atoms with van der Waals surface area (Å²) in [5.74, 6) is -0.381. The summed E-state index contributed by atoms with van der Waals surface area (Å²) < 4.78 is 64.5. The normalized spacial score (nSPS) is 26.7. The lowest BCUT2D eigenvalue weighted by Crippen LogP contribution is -2.47. The number of hydrogen-bond donors (Lipinski definition) is 0. The van der Waals surface area contributed by atoms with E-state index < -0.39 is 15.6 Å². The van der Waals surface area contributed by atoms with Gasteiger partial charge in [0.25, 0.3) is 0 Å². The summed E-state index contributed by atoms with van der Waals surface area (Å²) in [6.07, 6.45) is 1.77. The first kappa shape index (κ1) is 17.1. The number of rotatable bonds is 2. The maximum absolute atomic E-state index is 12.5. The van der Waals surface area contributed by atoms with Gasteiger partial charge in [-0.25, -0.2) is 0 Å². The van der Waals surface area contributed by atoms with Crippen LogP contribution in [0.2, 0.25) is 0 Å². The van der Waals surface area contributed by atoms with Crippen LogP contribution < -0.4 is 0 Å². The number of likely N-dealkylation sites (tertiary alicyclic amines) is 1. The number of nitrogens with zero attached hydrogens (tertiary/aromatic N) is 1. The molecular formula is C13H18F3NO4S. The van der Waals surface area contributed by atoms with Gasteiger partial charge >= 0.3 is 15.6 Å². The van der Waals surface area contributed by atoms with Gasteiger partial charge in [0.15, 0.2) is 0 Å². The molecular weight excluding hydrogens is 323 g/mol. The Morgan fingerprint density at radius 2 is 2.00 bits per heavy atom. The first-order chi connectivity index (χ1) is 10.0. The molecule has 0 spiro atoms. The zero-order valence-corrected chi connectivity index (χ0v) is 13.1. The standard InChI is InChI=1S/C13H18F3NO4S/c1-8-6-11-10(4-3-5-17(11)9(2)18)12(7-8)21-22(19,20)13(14,15)16/h8,11H,3-7H2,1-2H3/t8-,11+/m0/s1. The summed E-state index contributed by atoms with van der Waals surface area (Å²) >= 11 is 0. The third kappa shape index (κ3) is 3.23. The van der Waals surface area contributed by atoms with Crippen LogP contribution in [0.3, 0.4) is 0 Å². The topological polar surface area (TPSA) is 63.7 Å². The number of carbonyl (C=O) groups is 1. The van der Waals surface area contributed by atoms with Crippen molar-refractivity contribution >= 4 is 16.0 Å². The Morgan fingerprint density at radius 1 is 1.36 bits per heavy atom. The summed E-state index contributed by atoms with van der Waals surface area (Å²) in [6, 6.07) is -0.367. The van der Waals surface area contributed by atoms with E-state index in [1.165, 1.54) is 6.92 Å². The molecule has 0 unspecified atom stereocenters. The van der Waals surface area contributed by atoms with Crippen LogP contribution in [0.5, 0.6) is 0 Å². The van der Waals surface area contributed by atoms with Gasteiger partial charge in [-0.3, -0.25) is 4.79 Å². The fraction of sp³-hybridized carbons (Fsp3) is 0.769. The molecule has 1 amide bonds. The predicted molar refractivity (Wildman–Crippen MR) is 71.9 cm³/mol. The average molecular weight is 341 g/mol. The third-order valence-corrected chi connectivity index (χ3v) is 5.03. The van der Waals surface area contributed by atoms with Gasteiger partial charge in [-0.1, -0.05) is 6.92 Å². The molecule has 0 saturated carbocycles. The van der Waals surface area contributed by atoms with E-state index in [1.807, 2.05) is 0 Å². The van der Waals surface area contributed by atoms with E-state index >= 15 is 0 Å². The van der Waals surface area contributed by atoms with Gasteiger partial charge in [-0.15, -0.1) is 0 Å². The fourth-order valence-corrected chi connectivity index (χ4v) is 3.64. The zero-order valence-electron chi connectivity index (χ0n) is 12.3. The van der Waals surface area contributed by atoms with Crippen molar-refractivity contribution in [3.63, 3.8) is 0 Å².